The van der Waals surface area contributed by atoms with Crippen LogP contribution in [0.25, 0.3) is 17.3 Å². The number of anilines is 2. The van der Waals surface area contributed by atoms with Crippen molar-refractivity contribution in [1.82, 2.24) is 9.78 Å². The summed E-state index contributed by atoms with van der Waals surface area (Å²) in [4.78, 5) is 13.5. The van der Waals surface area contributed by atoms with Gasteiger partial charge in [-0.15, -0.1) is 0 Å². The molecule has 0 saturated carbocycles. The monoisotopic (exact) mass is 453 g/mol. The Hall–Kier alpha value is -4.63. The molecular formula is C25H23N7O2. The topological polar surface area (TPSA) is 138 Å². The van der Waals surface area contributed by atoms with Crippen molar-refractivity contribution in [3.63, 3.8) is 0 Å². The predicted molar refractivity (Wildman–Crippen MR) is 130 cm³/mol. The molecule has 2 aromatic carbocycles. The Kier molecular flexibility index (Phi) is 6.28. The molecule has 170 valence electrons. The lowest BCUT2D eigenvalue weighted by molar-refractivity contribution is -0.384. The molecule has 9 nitrogen and oxygen atoms in total. The van der Waals surface area contributed by atoms with E-state index in [4.69, 9.17) is 5.73 Å². The molecule has 1 aliphatic rings. The van der Waals surface area contributed by atoms with E-state index in [1.165, 1.54) is 16.8 Å². The zero-order chi connectivity index (χ0) is 24.2. The van der Waals surface area contributed by atoms with Gasteiger partial charge in [-0.2, -0.15) is 15.6 Å². The molecule has 0 spiro atoms. The molecular weight excluding hydrogens is 430 g/mol. The lowest BCUT2D eigenvalue weighted by atomic mass is 10.0. The normalized spacial score (nSPS) is 16.0. The van der Waals surface area contributed by atoms with Gasteiger partial charge in [0.25, 0.3) is 5.69 Å². The fourth-order valence-corrected chi connectivity index (χ4v) is 4.29. The number of piperidine rings is 1. The molecule has 1 fully saturated rings. The third kappa shape index (κ3) is 4.19. The maximum Gasteiger partial charge on any atom is 0.293 e. The number of allylic oxidation sites excluding steroid dienone is 1. The third-order valence-corrected chi connectivity index (χ3v) is 6.03. The van der Waals surface area contributed by atoms with E-state index in [1.807, 2.05) is 24.3 Å². The van der Waals surface area contributed by atoms with E-state index in [0.717, 1.165) is 25.8 Å². The van der Waals surface area contributed by atoms with Crippen LogP contribution in [-0.2, 0) is 0 Å². The van der Waals surface area contributed by atoms with E-state index in [0.29, 0.717) is 16.9 Å². The first kappa shape index (κ1) is 22.6. The number of para-hydroxylation sites is 1. The van der Waals surface area contributed by atoms with Gasteiger partial charge in [0.2, 0.25) is 0 Å². The van der Waals surface area contributed by atoms with E-state index in [-0.39, 0.29) is 34.4 Å². The van der Waals surface area contributed by atoms with Crippen molar-refractivity contribution < 1.29 is 4.92 Å². The summed E-state index contributed by atoms with van der Waals surface area (Å²) in [5.74, 6) is 0.116. The molecule has 2 N–H and O–H groups in total. The molecule has 0 unspecified atom stereocenters. The highest BCUT2D eigenvalue weighted by atomic mass is 16.6. The lowest BCUT2D eigenvalue weighted by Gasteiger charge is -2.35. The SMILES string of the molecule is C[C@@H]1CCCCN1c1ccc(/C=C(\C#N)c2nn(-c3ccccc3)c(N)c2C#N)cc1[N+](=O)[O-]. The second-order valence-electron chi connectivity index (χ2n) is 8.18. The number of nitrogens with zero attached hydrogens (tertiary/aromatic N) is 6. The molecule has 0 aliphatic carbocycles. The summed E-state index contributed by atoms with van der Waals surface area (Å²) < 4.78 is 1.41. The van der Waals surface area contributed by atoms with Gasteiger partial charge < -0.3 is 10.6 Å². The average molecular weight is 454 g/mol. The van der Waals surface area contributed by atoms with Crippen molar-refractivity contribution in [3.8, 4) is 17.8 Å². The Morgan fingerprint density at radius 1 is 1.24 bits per heavy atom. The average Bonchev–Trinajstić information content (AvgIpc) is 3.19. The van der Waals surface area contributed by atoms with Crippen LogP contribution in [0.5, 0.6) is 0 Å². The summed E-state index contributed by atoms with van der Waals surface area (Å²) in [6, 6.07) is 18.3. The largest absolute Gasteiger partial charge is 0.382 e. The van der Waals surface area contributed by atoms with Crippen molar-refractivity contribution in [2.75, 3.05) is 17.2 Å². The van der Waals surface area contributed by atoms with Gasteiger partial charge in [0.1, 0.15) is 34.9 Å². The summed E-state index contributed by atoms with van der Waals surface area (Å²) in [7, 11) is 0. The van der Waals surface area contributed by atoms with Gasteiger partial charge in [-0.1, -0.05) is 24.3 Å². The first-order valence-electron chi connectivity index (χ1n) is 11.0. The molecule has 1 atom stereocenters. The number of hydrogen-bond acceptors (Lipinski definition) is 7. The van der Waals surface area contributed by atoms with Crippen molar-refractivity contribution in [2.24, 2.45) is 0 Å². The smallest absolute Gasteiger partial charge is 0.293 e. The number of benzene rings is 2. The van der Waals surface area contributed by atoms with Gasteiger partial charge in [0, 0.05) is 18.7 Å². The number of nitrogen functional groups attached to an aromatic ring is 1. The highest BCUT2D eigenvalue weighted by molar-refractivity contribution is 5.92. The van der Waals surface area contributed by atoms with Crippen LogP contribution in [0.4, 0.5) is 17.2 Å². The van der Waals surface area contributed by atoms with Gasteiger partial charge in [-0.25, -0.2) is 4.68 Å². The number of nitro groups is 1. The summed E-state index contributed by atoms with van der Waals surface area (Å²) in [6.45, 7) is 2.84. The van der Waals surface area contributed by atoms with Crippen LogP contribution < -0.4 is 10.6 Å². The van der Waals surface area contributed by atoms with Gasteiger partial charge in [-0.3, -0.25) is 10.1 Å². The molecule has 9 heteroatoms. The highest BCUT2D eigenvalue weighted by Gasteiger charge is 2.26. The minimum Gasteiger partial charge on any atom is -0.382 e. The number of nitrogens with two attached hydrogens (primary N) is 1. The Morgan fingerprint density at radius 3 is 2.65 bits per heavy atom. The summed E-state index contributed by atoms with van der Waals surface area (Å²) in [6.07, 6.45) is 4.58. The number of rotatable bonds is 5. The number of nitro benzene ring substituents is 1. The third-order valence-electron chi connectivity index (χ3n) is 6.03. The summed E-state index contributed by atoms with van der Waals surface area (Å²) in [5.41, 5.74) is 8.12. The van der Waals surface area contributed by atoms with Crippen molar-refractivity contribution >= 4 is 28.8 Å². The quantitative estimate of drug-likeness (QED) is 0.336. The van der Waals surface area contributed by atoms with Crippen LogP contribution in [0, 0.1) is 32.8 Å². The van der Waals surface area contributed by atoms with E-state index in [9.17, 15) is 20.6 Å². The second kappa shape index (κ2) is 9.47. The van der Waals surface area contributed by atoms with Crippen LogP contribution in [0.2, 0.25) is 0 Å². The first-order chi connectivity index (χ1) is 16.4. The number of nitriles is 2. The Labute approximate surface area is 197 Å². The van der Waals surface area contributed by atoms with Crippen LogP contribution in [0.15, 0.2) is 48.5 Å². The zero-order valence-electron chi connectivity index (χ0n) is 18.7. The second-order valence-corrected chi connectivity index (χ2v) is 8.18. The molecule has 0 amide bonds. The maximum atomic E-state index is 11.9. The molecule has 0 radical (unpaired) electrons. The molecule has 1 aromatic heterocycles. The summed E-state index contributed by atoms with van der Waals surface area (Å²) >= 11 is 0. The summed E-state index contributed by atoms with van der Waals surface area (Å²) in [5, 5.41) is 35.8. The van der Waals surface area contributed by atoms with Crippen LogP contribution >= 0.6 is 0 Å². The fraction of sp³-hybridized carbons (Fsp3) is 0.240. The molecule has 1 saturated heterocycles. The van der Waals surface area contributed by atoms with E-state index in [1.54, 1.807) is 24.3 Å². The molecule has 0 bridgehead atoms. The molecule has 2 heterocycles. The van der Waals surface area contributed by atoms with E-state index >= 15 is 0 Å². The van der Waals surface area contributed by atoms with Crippen molar-refractivity contribution in [3.05, 3.63) is 75.5 Å². The standard InChI is InChI=1S/C25H23N7O2/c1-17-7-5-6-12-30(17)22-11-10-18(14-23(22)32(33)34)13-19(15-26)24-21(16-27)25(28)31(29-24)20-8-3-2-4-9-20/h2-4,8-11,13-14,17H,5-7,12,28H2,1H3/b19-13+/t17-/m1/s1. The Morgan fingerprint density at radius 2 is 2.00 bits per heavy atom. The van der Waals surface area contributed by atoms with Gasteiger partial charge in [-0.05, 0) is 56.0 Å². The van der Waals surface area contributed by atoms with Gasteiger partial charge in [0.05, 0.1) is 16.2 Å². The van der Waals surface area contributed by atoms with Gasteiger partial charge in [0.15, 0.2) is 0 Å². The number of hydrogen-bond donors (Lipinski definition) is 1. The fourth-order valence-electron chi connectivity index (χ4n) is 4.29. The van der Waals surface area contributed by atoms with Crippen LogP contribution in [0.1, 0.15) is 43.0 Å². The predicted octanol–water partition coefficient (Wildman–Crippen LogP) is 4.68. The Balaban J connectivity index is 1.78. The highest BCUT2D eigenvalue weighted by Crippen LogP contribution is 2.35. The lowest BCUT2D eigenvalue weighted by Crippen LogP contribution is -2.37. The first-order valence-corrected chi connectivity index (χ1v) is 11.0. The molecule has 3 aromatic rings. The minimum absolute atomic E-state index is 0.0189. The van der Waals surface area contributed by atoms with E-state index in [2.05, 4.69) is 23.0 Å². The number of aromatic nitrogens is 2. The van der Waals surface area contributed by atoms with Crippen molar-refractivity contribution in [2.45, 2.75) is 32.2 Å². The van der Waals surface area contributed by atoms with Crippen molar-refractivity contribution in [1.29, 1.82) is 10.5 Å². The zero-order valence-corrected chi connectivity index (χ0v) is 18.7. The molecule has 34 heavy (non-hydrogen) atoms. The maximum absolute atomic E-state index is 11.9. The molecule has 1 aliphatic heterocycles. The van der Waals surface area contributed by atoms with Crippen LogP contribution in [-0.4, -0.2) is 27.3 Å². The molecule has 4 rings (SSSR count). The Bertz CT molecular complexity index is 1350. The van der Waals surface area contributed by atoms with Gasteiger partial charge >= 0.3 is 0 Å². The van der Waals surface area contributed by atoms with Crippen LogP contribution in [0.3, 0.4) is 0 Å². The van der Waals surface area contributed by atoms with E-state index < -0.39 is 4.92 Å². The minimum atomic E-state index is -0.400.